The summed E-state index contributed by atoms with van der Waals surface area (Å²) in [6, 6.07) is 24.3. The molecule has 4 aromatic carbocycles. The number of pyridine rings is 1. The fourth-order valence-corrected chi connectivity index (χ4v) is 8.63. The number of methoxy groups -OCH3 is 1. The number of benzene rings is 4. The number of aromatic hydroxyl groups is 1. The number of nitrogens with zero attached hydrogens (tertiary/aromatic N) is 4. The maximum absolute atomic E-state index is 13.8. The van der Waals surface area contributed by atoms with Gasteiger partial charge in [-0.15, -0.1) is 11.6 Å². The summed E-state index contributed by atoms with van der Waals surface area (Å²) in [5.41, 5.74) is 5.45. The molecule has 2 N–H and O–H groups in total. The number of amides is 2. The van der Waals surface area contributed by atoms with Crippen LogP contribution in [0.4, 0.5) is 11.4 Å². The average Bonchev–Trinajstić information content (AvgIpc) is 3.54. The molecule has 0 radical (unpaired) electrons. The van der Waals surface area contributed by atoms with Crippen molar-refractivity contribution in [2.75, 3.05) is 38.0 Å². The number of fused-ring (bicyclic) bond motifs is 5. The molecule has 0 saturated carbocycles. The van der Waals surface area contributed by atoms with Gasteiger partial charge < -0.3 is 24.4 Å². The van der Waals surface area contributed by atoms with Crippen molar-refractivity contribution in [1.29, 1.82) is 0 Å². The third-order valence-corrected chi connectivity index (χ3v) is 12.3. The van der Waals surface area contributed by atoms with Crippen LogP contribution in [0.2, 0.25) is 0 Å². The first-order chi connectivity index (χ1) is 27.1. The Kier molecular flexibility index (Phi) is 10.00. The summed E-state index contributed by atoms with van der Waals surface area (Å²) in [5, 5.41) is 12.4. The second kappa shape index (κ2) is 15.1. The van der Waals surface area contributed by atoms with Gasteiger partial charge in [-0.25, -0.2) is 13.1 Å². The summed E-state index contributed by atoms with van der Waals surface area (Å²) >= 11 is 6.38. The number of phenols is 1. The number of sulfonamides is 1. The molecule has 2 atom stereocenters. The van der Waals surface area contributed by atoms with Gasteiger partial charge in [-0.3, -0.25) is 19.6 Å². The van der Waals surface area contributed by atoms with Gasteiger partial charge in [0.1, 0.15) is 12.4 Å². The van der Waals surface area contributed by atoms with E-state index in [-0.39, 0.29) is 47.4 Å². The molecule has 14 heteroatoms. The van der Waals surface area contributed by atoms with E-state index in [0.717, 1.165) is 27.5 Å². The minimum atomic E-state index is -3.55. The van der Waals surface area contributed by atoms with E-state index in [1.807, 2.05) is 36.4 Å². The second-order valence-corrected chi connectivity index (χ2v) is 16.0. The minimum absolute atomic E-state index is 0.0344. The van der Waals surface area contributed by atoms with Crippen LogP contribution in [0.25, 0.3) is 16.3 Å². The predicted molar refractivity (Wildman–Crippen MR) is 215 cm³/mol. The molecule has 1 unspecified atom stereocenters. The average molecular weight is 792 g/mol. The number of alkyl halides is 1. The first-order valence-electron chi connectivity index (χ1n) is 18.1. The number of hydrogen-bond acceptors (Lipinski definition) is 9. The molecule has 5 aromatic rings. The summed E-state index contributed by atoms with van der Waals surface area (Å²) in [6.07, 6.45) is 4.27. The molecule has 8 rings (SSSR count). The number of rotatable bonds is 10. The zero-order valence-corrected chi connectivity index (χ0v) is 32.2. The summed E-state index contributed by atoms with van der Waals surface area (Å²) in [5.74, 6) is 0.755. The largest absolute Gasteiger partial charge is 0.507 e. The molecule has 56 heavy (non-hydrogen) atoms. The van der Waals surface area contributed by atoms with Gasteiger partial charge in [-0.1, -0.05) is 48.5 Å². The monoisotopic (exact) mass is 791 g/mol. The summed E-state index contributed by atoms with van der Waals surface area (Å²) in [6.45, 7) is 0.821. The van der Waals surface area contributed by atoms with E-state index in [2.05, 4.69) is 4.72 Å². The maximum atomic E-state index is 13.8. The molecule has 0 aliphatic carbocycles. The number of halogens is 1. The van der Waals surface area contributed by atoms with E-state index in [0.29, 0.717) is 65.2 Å². The van der Waals surface area contributed by atoms with Crippen LogP contribution in [0.15, 0.2) is 101 Å². The van der Waals surface area contributed by atoms with E-state index in [1.165, 1.54) is 14.2 Å². The van der Waals surface area contributed by atoms with Crippen LogP contribution in [0.5, 0.6) is 17.2 Å². The number of phenolic OH excluding ortho intramolecular Hbond substituents is 1. The van der Waals surface area contributed by atoms with Crippen LogP contribution in [0.3, 0.4) is 0 Å². The van der Waals surface area contributed by atoms with Crippen molar-refractivity contribution < 1.29 is 32.6 Å². The molecule has 3 aliphatic rings. The number of aromatic nitrogens is 1. The molecular formula is C42H38ClN5O7S. The van der Waals surface area contributed by atoms with E-state index < -0.39 is 10.0 Å². The highest BCUT2D eigenvalue weighted by Gasteiger charge is 2.35. The number of ether oxygens (including phenoxy) is 2. The summed E-state index contributed by atoms with van der Waals surface area (Å²) in [4.78, 5) is 40.6. The topological polar surface area (TPSA) is 151 Å². The number of aliphatic imine (C=N–C) groups is 1. The number of carbonyl (C=O) groups is 2. The van der Waals surface area contributed by atoms with Crippen molar-refractivity contribution in [2.45, 2.75) is 36.3 Å². The van der Waals surface area contributed by atoms with E-state index in [4.69, 9.17) is 31.1 Å². The van der Waals surface area contributed by atoms with Crippen LogP contribution in [0, 0.1) is 0 Å². The van der Waals surface area contributed by atoms with Gasteiger partial charge in [0, 0.05) is 48.6 Å². The molecule has 0 fully saturated rings. The molecular weight excluding hydrogens is 754 g/mol. The Balaban J connectivity index is 0.967. The third kappa shape index (κ3) is 6.86. The molecule has 3 aliphatic heterocycles. The van der Waals surface area contributed by atoms with E-state index >= 15 is 0 Å². The van der Waals surface area contributed by atoms with Gasteiger partial charge in [0.25, 0.3) is 5.91 Å². The summed E-state index contributed by atoms with van der Waals surface area (Å²) < 4.78 is 38.5. The molecule has 0 spiro atoms. The lowest BCUT2D eigenvalue weighted by atomic mass is 9.94. The van der Waals surface area contributed by atoms with Crippen LogP contribution >= 0.6 is 11.6 Å². The van der Waals surface area contributed by atoms with Gasteiger partial charge in [0.2, 0.25) is 15.9 Å². The predicted octanol–water partition coefficient (Wildman–Crippen LogP) is 6.36. The van der Waals surface area contributed by atoms with Crippen LogP contribution in [0.1, 0.15) is 45.2 Å². The van der Waals surface area contributed by atoms with Crippen molar-refractivity contribution in [3.8, 4) is 17.2 Å². The van der Waals surface area contributed by atoms with Gasteiger partial charge in [0.05, 0.1) is 52.8 Å². The normalized spacial score (nSPS) is 17.6. The number of nitrogens with one attached hydrogen (secondary N) is 1. The van der Waals surface area contributed by atoms with E-state index in [1.54, 1.807) is 70.6 Å². The highest BCUT2D eigenvalue weighted by molar-refractivity contribution is 7.89. The number of carbonyl (C=O) groups excluding carboxylic acids is 2. The Morgan fingerprint density at radius 3 is 2.52 bits per heavy atom. The Labute approximate surface area is 329 Å². The zero-order valence-electron chi connectivity index (χ0n) is 30.6. The van der Waals surface area contributed by atoms with Gasteiger partial charge >= 0.3 is 0 Å². The van der Waals surface area contributed by atoms with Crippen molar-refractivity contribution in [3.63, 3.8) is 0 Å². The van der Waals surface area contributed by atoms with Crippen molar-refractivity contribution in [3.05, 3.63) is 119 Å². The third-order valence-electron chi connectivity index (χ3n) is 10.5. The quantitative estimate of drug-likeness (QED) is 0.155. The highest BCUT2D eigenvalue weighted by atomic mass is 35.5. The zero-order chi connectivity index (χ0) is 39.1. The molecule has 0 saturated heterocycles. The van der Waals surface area contributed by atoms with Gasteiger partial charge in [-0.2, -0.15) is 0 Å². The fraction of sp³-hybridized carbons (Fsp3) is 0.238. The van der Waals surface area contributed by atoms with Crippen LogP contribution in [-0.4, -0.2) is 80.6 Å². The molecule has 0 bridgehead atoms. The second-order valence-electron chi connectivity index (χ2n) is 13.8. The first-order valence-corrected chi connectivity index (χ1v) is 20.1. The Bertz CT molecular complexity index is 2560. The first kappa shape index (κ1) is 37.2. The molecule has 2 amide bonds. The van der Waals surface area contributed by atoms with Crippen molar-refractivity contribution in [2.24, 2.45) is 4.99 Å². The Hall–Kier alpha value is -5.76. The SMILES string of the molecule is CNS(=O)(=O)c1ccc(C2=CCN3C(=O)c4cc(OC)c(OCc5cccc(CC(=O)N6C[C@@H](CCl)c7c6cc(O)c6ccccc76)n5)cc4N=CC3C2)cc1. The number of hydrogen-bond donors (Lipinski definition) is 2. The van der Waals surface area contributed by atoms with Crippen molar-refractivity contribution in [1.82, 2.24) is 14.6 Å². The van der Waals surface area contributed by atoms with Gasteiger partial charge in [0.15, 0.2) is 11.5 Å². The Morgan fingerprint density at radius 2 is 1.77 bits per heavy atom. The lowest BCUT2D eigenvalue weighted by Crippen LogP contribution is -2.43. The highest BCUT2D eigenvalue weighted by Crippen LogP contribution is 2.45. The maximum Gasteiger partial charge on any atom is 0.257 e. The minimum Gasteiger partial charge on any atom is -0.507 e. The van der Waals surface area contributed by atoms with Crippen LogP contribution < -0.4 is 19.1 Å². The van der Waals surface area contributed by atoms with Crippen molar-refractivity contribution >= 4 is 67.4 Å². The Morgan fingerprint density at radius 1 is 1.00 bits per heavy atom. The molecule has 286 valence electrons. The lowest BCUT2D eigenvalue weighted by Gasteiger charge is -2.32. The lowest BCUT2D eigenvalue weighted by molar-refractivity contribution is -0.118. The fourth-order valence-electron chi connectivity index (χ4n) is 7.65. The van der Waals surface area contributed by atoms with Gasteiger partial charge in [-0.05, 0) is 65.9 Å². The smallest absolute Gasteiger partial charge is 0.257 e. The molecule has 4 heterocycles. The van der Waals surface area contributed by atoms with Crippen LogP contribution in [-0.2, 0) is 27.8 Å². The number of anilines is 1. The van der Waals surface area contributed by atoms with E-state index in [9.17, 15) is 23.1 Å². The standard InChI is InChI=1S/C42H38ClN5O7S/c1-44-56(52,53)31-12-10-25(11-13-31)26-14-15-47-30(16-26)22-45-35-19-39(38(54-2)18-34(35)42(47)51)55-24-29-7-5-6-28(46-29)17-40(50)48-23-27(21-43)41-33-9-4-3-8-32(33)37(49)20-36(41)48/h3-14,18-20,22,27,30,44,49H,15-17,21,23-24H2,1-2H3/t27-,30?/m1/s1. The summed E-state index contributed by atoms with van der Waals surface area (Å²) in [7, 11) is -0.679. The molecule has 12 nitrogen and oxygen atoms in total. The molecule has 1 aromatic heterocycles.